The predicted molar refractivity (Wildman–Crippen MR) is 61.7 cm³/mol. The van der Waals surface area contributed by atoms with Gasteiger partial charge in [0.05, 0.1) is 16.8 Å². The first kappa shape index (κ1) is 10.3. The van der Waals surface area contributed by atoms with Gasteiger partial charge in [-0.2, -0.15) is 5.26 Å². The van der Waals surface area contributed by atoms with Gasteiger partial charge in [0.25, 0.3) is 0 Å². The molecule has 0 unspecified atom stereocenters. The van der Waals surface area contributed by atoms with Gasteiger partial charge in [-0.05, 0) is 6.07 Å². The summed E-state index contributed by atoms with van der Waals surface area (Å²) in [7, 11) is 0. The third-order valence-electron chi connectivity index (χ3n) is 1.87. The Morgan fingerprint density at radius 2 is 2.33 bits per heavy atom. The van der Waals surface area contributed by atoms with E-state index in [0.29, 0.717) is 0 Å². The molecule has 0 radical (unpaired) electrons. The van der Waals surface area contributed by atoms with Gasteiger partial charge in [-0.25, -0.2) is 4.98 Å². The molecule has 0 saturated carbocycles. The van der Waals surface area contributed by atoms with Gasteiger partial charge in [-0.15, -0.1) is 22.7 Å². The van der Waals surface area contributed by atoms with Gasteiger partial charge in [0.1, 0.15) is 6.07 Å². The third-order valence-corrected chi connectivity index (χ3v) is 3.44. The van der Waals surface area contributed by atoms with Crippen LogP contribution in [-0.2, 0) is 13.1 Å². The van der Waals surface area contributed by atoms with Gasteiger partial charge in [0, 0.05) is 28.7 Å². The highest BCUT2D eigenvalue weighted by molar-refractivity contribution is 7.10. The zero-order chi connectivity index (χ0) is 10.5. The summed E-state index contributed by atoms with van der Waals surface area (Å²) >= 11 is 3.21. The lowest BCUT2D eigenvalue weighted by atomic mass is 10.3. The lowest BCUT2D eigenvalue weighted by molar-refractivity contribution is 0.689. The summed E-state index contributed by atoms with van der Waals surface area (Å²) in [4.78, 5) is 5.36. The molecule has 1 N–H and O–H groups in total. The molecular formula is C10H9N3S2. The van der Waals surface area contributed by atoms with E-state index in [2.05, 4.69) is 16.4 Å². The molecule has 15 heavy (non-hydrogen) atoms. The van der Waals surface area contributed by atoms with Crippen molar-refractivity contribution in [3.8, 4) is 6.07 Å². The summed E-state index contributed by atoms with van der Waals surface area (Å²) in [6, 6.07) is 4.04. The van der Waals surface area contributed by atoms with Crippen molar-refractivity contribution in [3.05, 3.63) is 38.5 Å². The van der Waals surface area contributed by atoms with Crippen molar-refractivity contribution in [1.29, 1.82) is 5.26 Å². The molecule has 0 fully saturated rings. The second-order valence-electron chi connectivity index (χ2n) is 3.00. The summed E-state index contributed by atoms with van der Waals surface area (Å²) in [5.74, 6) is 0. The van der Waals surface area contributed by atoms with Crippen LogP contribution in [0.3, 0.4) is 0 Å². The Bertz CT molecular complexity index is 453. The Morgan fingerprint density at radius 3 is 3.00 bits per heavy atom. The van der Waals surface area contributed by atoms with Crippen LogP contribution in [0.25, 0.3) is 0 Å². The van der Waals surface area contributed by atoms with Crippen LogP contribution in [0.4, 0.5) is 0 Å². The van der Waals surface area contributed by atoms with E-state index in [1.807, 2.05) is 22.3 Å². The van der Waals surface area contributed by atoms with Crippen LogP contribution in [0.1, 0.15) is 16.1 Å². The monoisotopic (exact) mass is 235 g/mol. The average Bonchev–Trinajstić information content (AvgIpc) is 2.88. The highest BCUT2D eigenvalue weighted by Gasteiger charge is 1.99. The third kappa shape index (κ3) is 2.86. The van der Waals surface area contributed by atoms with E-state index in [1.165, 1.54) is 4.88 Å². The number of thiophene rings is 1. The molecule has 0 bridgehead atoms. The Balaban J connectivity index is 1.81. The van der Waals surface area contributed by atoms with Gasteiger partial charge in [0.15, 0.2) is 0 Å². The first-order chi connectivity index (χ1) is 7.38. The summed E-state index contributed by atoms with van der Waals surface area (Å²) in [6.45, 7) is 1.58. The molecule has 2 aromatic rings. The molecule has 0 amide bonds. The van der Waals surface area contributed by atoms with Crippen LogP contribution >= 0.6 is 22.7 Å². The number of nitrogens with zero attached hydrogens (tertiary/aromatic N) is 2. The number of thiazole rings is 1. The lowest BCUT2D eigenvalue weighted by Gasteiger charge is -1.98. The van der Waals surface area contributed by atoms with E-state index in [9.17, 15) is 0 Å². The first-order valence-corrected chi connectivity index (χ1v) is 6.26. The van der Waals surface area contributed by atoms with Crippen molar-refractivity contribution in [1.82, 2.24) is 10.3 Å². The maximum Gasteiger partial charge on any atom is 0.100 e. The molecule has 5 heteroatoms. The van der Waals surface area contributed by atoms with Gasteiger partial charge in [-0.3, -0.25) is 0 Å². The molecule has 0 aliphatic heterocycles. The number of hydrogen-bond donors (Lipinski definition) is 1. The molecule has 2 aromatic heterocycles. The summed E-state index contributed by atoms with van der Waals surface area (Å²) < 4.78 is 0. The molecule has 0 atom stereocenters. The molecule has 0 spiro atoms. The second kappa shape index (κ2) is 5.03. The molecule has 3 nitrogen and oxygen atoms in total. The summed E-state index contributed by atoms with van der Waals surface area (Å²) in [6.07, 6.45) is 0. The lowest BCUT2D eigenvalue weighted by Crippen LogP contribution is -2.11. The molecular weight excluding hydrogens is 226 g/mol. The minimum atomic E-state index is 0.741. The number of nitriles is 1. The van der Waals surface area contributed by atoms with Gasteiger partial charge in [-0.1, -0.05) is 0 Å². The SMILES string of the molecule is N#Cc1csc(CNCc2cscn2)c1. The first-order valence-electron chi connectivity index (χ1n) is 4.44. The fraction of sp³-hybridized carbons (Fsp3) is 0.200. The Morgan fingerprint density at radius 1 is 1.40 bits per heavy atom. The molecule has 76 valence electrons. The Labute approximate surface area is 96.0 Å². The normalized spacial score (nSPS) is 10.1. The van der Waals surface area contributed by atoms with Crippen LogP contribution in [0.2, 0.25) is 0 Å². The summed E-state index contributed by atoms with van der Waals surface area (Å²) in [5, 5.41) is 15.8. The topological polar surface area (TPSA) is 48.7 Å². The van der Waals surface area contributed by atoms with Crippen LogP contribution in [0.15, 0.2) is 22.3 Å². The van der Waals surface area contributed by atoms with E-state index in [1.54, 1.807) is 22.7 Å². The Hall–Kier alpha value is -1.22. The predicted octanol–water partition coefficient (Wildman–Crippen LogP) is 2.37. The standard InChI is InChI=1S/C10H9N3S2/c11-2-8-1-10(15-5-8)4-12-3-9-6-14-7-13-9/h1,5-7,12H,3-4H2. The van der Waals surface area contributed by atoms with E-state index in [-0.39, 0.29) is 0 Å². The average molecular weight is 235 g/mol. The van der Waals surface area contributed by atoms with E-state index < -0.39 is 0 Å². The fourth-order valence-electron chi connectivity index (χ4n) is 1.17. The van der Waals surface area contributed by atoms with Crippen LogP contribution in [0.5, 0.6) is 0 Å². The molecule has 2 heterocycles. The van der Waals surface area contributed by atoms with Gasteiger partial charge in [0.2, 0.25) is 0 Å². The van der Waals surface area contributed by atoms with Crippen molar-refractivity contribution in [3.63, 3.8) is 0 Å². The number of nitrogens with one attached hydrogen (secondary N) is 1. The minimum Gasteiger partial charge on any atom is -0.306 e. The smallest absolute Gasteiger partial charge is 0.100 e. The molecule has 0 aliphatic rings. The zero-order valence-corrected chi connectivity index (χ0v) is 9.57. The molecule has 0 aliphatic carbocycles. The highest BCUT2D eigenvalue weighted by atomic mass is 32.1. The maximum absolute atomic E-state index is 8.65. The van der Waals surface area contributed by atoms with Crippen molar-refractivity contribution in [2.45, 2.75) is 13.1 Å². The van der Waals surface area contributed by atoms with Crippen LogP contribution in [-0.4, -0.2) is 4.98 Å². The van der Waals surface area contributed by atoms with Crippen molar-refractivity contribution in [2.24, 2.45) is 0 Å². The van der Waals surface area contributed by atoms with Crippen molar-refractivity contribution < 1.29 is 0 Å². The number of rotatable bonds is 4. The van der Waals surface area contributed by atoms with Crippen molar-refractivity contribution in [2.75, 3.05) is 0 Å². The largest absolute Gasteiger partial charge is 0.306 e. The van der Waals surface area contributed by atoms with Crippen LogP contribution < -0.4 is 5.32 Å². The Kier molecular flexibility index (Phi) is 3.45. The number of hydrogen-bond acceptors (Lipinski definition) is 5. The molecule has 2 rings (SSSR count). The molecule has 0 saturated heterocycles. The van der Waals surface area contributed by atoms with Gasteiger partial charge < -0.3 is 5.32 Å². The molecule has 0 aromatic carbocycles. The zero-order valence-electron chi connectivity index (χ0n) is 7.93. The van der Waals surface area contributed by atoms with Crippen LogP contribution in [0, 0.1) is 11.3 Å². The van der Waals surface area contributed by atoms with E-state index >= 15 is 0 Å². The van der Waals surface area contributed by atoms with Gasteiger partial charge >= 0.3 is 0 Å². The number of aromatic nitrogens is 1. The maximum atomic E-state index is 8.65. The highest BCUT2D eigenvalue weighted by Crippen LogP contribution is 2.13. The fourth-order valence-corrected chi connectivity index (χ4v) is 2.51. The van der Waals surface area contributed by atoms with E-state index in [0.717, 1.165) is 24.3 Å². The van der Waals surface area contributed by atoms with Crippen molar-refractivity contribution >= 4 is 22.7 Å². The van der Waals surface area contributed by atoms with E-state index in [4.69, 9.17) is 5.26 Å². The second-order valence-corrected chi connectivity index (χ2v) is 4.71. The minimum absolute atomic E-state index is 0.741. The quantitative estimate of drug-likeness (QED) is 0.885. The summed E-state index contributed by atoms with van der Waals surface area (Å²) in [5.41, 5.74) is 3.64.